The minimum absolute atomic E-state index is 0.425. The lowest BCUT2D eigenvalue weighted by molar-refractivity contribution is -0.115. The number of rotatable bonds is 6. The van der Waals surface area contributed by atoms with E-state index in [1.807, 2.05) is 73.7 Å². The first-order chi connectivity index (χ1) is 16.1. The molecular formula is C25H22N6O2. The zero-order valence-corrected chi connectivity index (χ0v) is 18.0. The van der Waals surface area contributed by atoms with Gasteiger partial charge in [0.1, 0.15) is 18.4 Å². The van der Waals surface area contributed by atoms with E-state index in [-0.39, 0.29) is 0 Å². The molecule has 1 atom stereocenters. The van der Waals surface area contributed by atoms with Crippen LogP contribution in [0.4, 0.5) is 5.95 Å². The number of hydrogen-bond acceptors (Lipinski definition) is 6. The molecule has 1 aliphatic heterocycles. The van der Waals surface area contributed by atoms with Crippen LogP contribution in [0.5, 0.6) is 5.75 Å². The molecule has 1 aliphatic rings. The number of nitrogens with two attached hydrogens (primary N) is 1. The van der Waals surface area contributed by atoms with Crippen molar-refractivity contribution in [2.24, 2.45) is 5.73 Å². The predicted molar refractivity (Wildman–Crippen MR) is 124 cm³/mol. The first-order valence-corrected chi connectivity index (χ1v) is 10.5. The van der Waals surface area contributed by atoms with E-state index in [0.29, 0.717) is 35.4 Å². The molecule has 0 spiro atoms. The number of allylic oxidation sites excluding steroid dienone is 1. The Morgan fingerprint density at radius 2 is 1.88 bits per heavy atom. The Bertz CT molecular complexity index is 1330. The van der Waals surface area contributed by atoms with Crippen LogP contribution < -0.4 is 15.8 Å². The first kappa shape index (κ1) is 20.4. The van der Waals surface area contributed by atoms with E-state index in [2.05, 4.69) is 15.3 Å². The van der Waals surface area contributed by atoms with Crippen LogP contribution >= 0.6 is 0 Å². The molecule has 2 aromatic carbocycles. The highest BCUT2D eigenvalue weighted by Crippen LogP contribution is 2.37. The Morgan fingerprint density at radius 3 is 2.64 bits per heavy atom. The molecule has 3 heterocycles. The van der Waals surface area contributed by atoms with Crippen molar-refractivity contribution in [2.45, 2.75) is 19.6 Å². The number of carbonyl (C=O) groups is 1. The number of anilines is 1. The highest BCUT2D eigenvalue weighted by molar-refractivity contribution is 5.95. The lowest BCUT2D eigenvalue weighted by Crippen LogP contribution is -2.31. The van der Waals surface area contributed by atoms with Gasteiger partial charge in [-0.15, -0.1) is 5.10 Å². The van der Waals surface area contributed by atoms with Gasteiger partial charge in [-0.05, 0) is 42.3 Å². The number of carbonyl (C=O) groups excluding carboxylic acids is 1. The van der Waals surface area contributed by atoms with Crippen molar-refractivity contribution in [1.82, 2.24) is 19.7 Å². The summed E-state index contributed by atoms with van der Waals surface area (Å²) in [6, 6.07) is 20.7. The van der Waals surface area contributed by atoms with Gasteiger partial charge in [-0.3, -0.25) is 9.78 Å². The molecule has 33 heavy (non-hydrogen) atoms. The number of pyridine rings is 1. The van der Waals surface area contributed by atoms with Crippen molar-refractivity contribution >= 4 is 11.9 Å². The van der Waals surface area contributed by atoms with Gasteiger partial charge < -0.3 is 15.8 Å². The van der Waals surface area contributed by atoms with Gasteiger partial charge in [-0.2, -0.15) is 4.98 Å². The molecule has 1 amide bonds. The average molecular weight is 438 g/mol. The Kier molecular flexibility index (Phi) is 5.32. The second-order valence-electron chi connectivity index (χ2n) is 7.72. The summed E-state index contributed by atoms with van der Waals surface area (Å²) in [5.74, 6) is 1.23. The van der Waals surface area contributed by atoms with Gasteiger partial charge in [0.25, 0.3) is 0 Å². The van der Waals surface area contributed by atoms with E-state index in [0.717, 1.165) is 16.7 Å². The molecule has 0 bridgehead atoms. The molecule has 0 saturated heterocycles. The number of fused-ring (bicyclic) bond motifs is 1. The van der Waals surface area contributed by atoms with Gasteiger partial charge in [0.05, 0.1) is 5.57 Å². The van der Waals surface area contributed by atoms with Gasteiger partial charge in [0.15, 0.2) is 5.82 Å². The van der Waals surface area contributed by atoms with Gasteiger partial charge in [-0.1, -0.05) is 42.5 Å². The van der Waals surface area contributed by atoms with Crippen molar-refractivity contribution in [2.75, 3.05) is 5.32 Å². The highest BCUT2D eigenvalue weighted by atomic mass is 16.5. The van der Waals surface area contributed by atoms with E-state index in [1.54, 1.807) is 17.1 Å². The van der Waals surface area contributed by atoms with Gasteiger partial charge in [0.2, 0.25) is 11.9 Å². The Labute approximate surface area is 190 Å². The number of benzene rings is 2. The minimum Gasteiger partial charge on any atom is -0.489 e. The zero-order chi connectivity index (χ0) is 22.8. The van der Waals surface area contributed by atoms with Crippen molar-refractivity contribution in [1.29, 1.82) is 0 Å². The first-order valence-electron chi connectivity index (χ1n) is 10.5. The van der Waals surface area contributed by atoms with Crippen LogP contribution in [0.3, 0.4) is 0 Å². The summed E-state index contributed by atoms with van der Waals surface area (Å²) in [6.45, 7) is 2.25. The number of ether oxygens (including phenoxy) is 1. The molecule has 0 fully saturated rings. The quantitative estimate of drug-likeness (QED) is 0.475. The van der Waals surface area contributed by atoms with Gasteiger partial charge in [-0.25, -0.2) is 4.68 Å². The van der Waals surface area contributed by atoms with E-state index in [4.69, 9.17) is 15.6 Å². The van der Waals surface area contributed by atoms with Crippen LogP contribution in [0.25, 0.3) is 11.4 Å². The molecule has 0 aliphatic carbocycles. The van der Waals surface area contributed by atoms with Crippen molar-refractivity contribution in [3.63, 3.8) is 0 Å². The standard InChI is InChI=1S/C25H22N6O2/c1-16-21(23(26)32)22(31-25(28-16)29-24(30-31)18-10-12-27-13-11-18)19-8-5-9-20(14-19)33-15-17-6-3-2-4-7-17/h2-14,22H,15H2,1H3,(H2,26,32)(H,28,29,30). The van der Waals surface area contributed by atoms with Crippen LogP contribution in [0, 0.1) is 0 Å². The number of amides is 1. The van der Waals surface area contributed by atoms with Crippen LogP contribution in [0.15, 0.2) is 90.4 Å². The van der Waals surface area contributed by atoms with Crippen molar-refractivity contribution in [3.05, 3.63) is 102 Å². The van der Waals surface area contributed by atoms with Crippen LogP contribution in [0.2, 0.25) is 0 Å². The number of nitrogens with zero attached hydrogens (tertiary/aromatic N) is 4. The smallest absolute Gasteiger partial charge is 0.248 e. The third-order valence-electron chi connectivity index (χ3n) is 5.48. The maximum Gasteiger partial charge on any atom is 0.248 e. The summed E-state index contributed by atoms with van der Waals surface area (Å²) in [6.07, 6.45) is 3.37. The molecule has 0 radical (unpaired) electrons. The van der Waals surface area contributed by atoms with Gasteiger partial charge >= 0.3 is 0 Å². The van der Waals surface area contributed by atoms with E-state index < -0.39 is 11.9 Å². The fourth-order valence-electron chi connectivity index (χ4n) is 3.92. The van der Waals surface area contributed by atoms with Crippen LogP contribution in [0.1, 0.15) is 24.1 Å². The third kappa shape index (κ3) is 4.06. The number of hydrogen-bond donors (Lipinski definition) is 2. The molecule has 1 unspecified atom stereocenters. The Morgan fingerprint density at radius 1 is 1.09 bits per heavy atom. The summed E-state index contributed by atoms with van der Waals surface area (Å²) in [5, 5.41) is 7.87. The minimum atomic E-state index is -0.540. The normalized spacial score (nSPS) is 15.0. The molecule has 3 N–H and O–H groups in total. The molecular weight excluding hydrogens is 416 g/mol. The average Bonchev–Trinajstić information content (AvgIpc) is 3.27. The summed E-state index contributed by atoms with van der Waals surface area (Å²) < 4.78 is 7.70. The van der Waals surface area contributed by atoms with Crippen molar-refractivity contribution < 1.29 is 9.53 Å². The second kappa shape index (κ2) is 8.58. The topological polar surface area (TPSA) is 108 Å². The lowest BCUT2D eigenvalue weighted by atomic mass is 9.95. The van der Waals surface area contributed by atoms with E-state index in [9.17, 15) is 4.79 Å². The largest absolute Gasteiger partial charge is 0.489 e. The summed E-state index contributed by atoms with van der Waals surface area (Å²) in [7, 11) is 0. The van der Waals surface area contributed by atoms with E-state index in [1.165, 1.54) is 0 Å². The molecule has 164 valence electrons. The fourth-order valence-corrected chi connectivity index (χ4v) is 3.92. The molecule has 2 aromatic heterocycles. The zero-order valence-electron chi connectivity index (χ0n) is 18.0. The Hall–Kier alpha value is -4.46. The Balaban J connectivity index is 1.53. The second-order valence-corrected chi connectivity index (χ2v) is 7.72. The predicted octanol–water partition coefficient (Wildman–Crippen LogP) is 3.69. The third-order valence-corrected chi connectivity index (χ3v) is 5.48. The maximum atomic E-state index is 12.5. The highest BCUT2D eigenvalue weighted by Gasteiger charge is 2.33. The lowest BCUT2D eigenvalue weighted by Gasteiger charge is -2.27. The molecule has 8 nitrogen and oxygen atoms in total. The monoisotopic (exact) mass is 438 g/mol. The fraction of sp³-hybridized carbons (Fsp3) is 0.120. The van der Waals surface area contributed by atoms with E-state index >= 15 is 0 Å². The van der Waals surface area contributed by atoms with Crippen LogP contribution in [-0.2, 0) is 11.4 Å². The molecule has 4 aromatic rings. The summed E-state index contributed by atoms with van der Waals surface area (Å²) >= 11 is 0. The van der Waals surface area contributed by atoms with Crippen molar-refractivity contribution in [3.8, 4) is 17.1 Å². The molecule has 0 saturated carbocycles. The summed E-state index contributed by atoms with van der Waals surface area (Å²) in [4.78, 5) is 21.1. The van der Waals surface area contributed by atoms with Gasteiger partial charge in [0, 0.05) is 23.7 Å². The number of primary amides is 1. The molecule has 5 rings (SSSR count). The maximum absolute atomic E-state index is 12.5. The SMILES string of the molecule is CC1=C(C(N)=O)C(c2cccc(OCc3ccccc3)c2)n2nc(-c3ccncc3)nc2N1. The molecule has 8 heteroatoms. The number of nitrogens with one attached hydrogen (secondary N) is 1. The number of aromatic nitrogens is 4. The summed E-state index contributed by atoms with van der Waals surface area (Å²) in [5.41, 5.74) is 9.58. The van der Waals surface area contributed by atoms with Crippen LogP contribution in [-0.4, -0.2) is 25.7 Å².